The van der Waals surface area contributed by atoms with Gasteiger partial charge in [-0.25, -0.2) is 0 Å². The first-order valence-electron chi connectivity index (χ1n) is 8.23. The van der Waals surface area contributed by atoms with Gasteiger partial charge in [-0.05, 0) is 49.1 Å². The summed E-state index contributed by atoms with van der Waals surface area (Å²) in [7, 11) is 1.66. The minimum absolute atomic E-state index is 0.00947. The lowest BCUT2D eigenvalue weighted by Gasteiger charge is -2.18. The van der Waals surface area contributed by atoms with E-state index >= 15 is 0 Å². The average molecular weight is 323 g/mol. The molecule has 1 atom stereocenters. The molecule has 0 bridgehead atoms. The number of aryl methyl sites for hydroxylation is 2. The van der Waals surface area contributed by atoms with Crippen LogP contribution in [0.1, 0.15) is 41.6 Å². The van der Waals surface area contributed by atoms with Crippen molar-refractivity contribution in [2.45, 2.75) is 33.2 Å². The highest BCUT2D eigenvalue weighted by Gasteiger charge is 2.12. The largest absolute Gasteiger partial charge is 0.496 e. The third-order valence-corrected chi connectivity index (χ3v) is 4.05. The van der Waals surface area contributed by atoms with E-state index in [1.807, 2.05) is 56.3 Å². The molecule has 126 valence electrons. The molecule has 3 nitrogen and oxygen atoms in total. The van der Waals surface area contributed by atoms with Gasteiger partial charge in [-0.2, -0.15) is 0 Å². The van der Waals surface area contributed by atoms with Crippen molar-refractivity contribution in [3.8, 4) is 5.75 Å². The van der Waals surface area contributed by atoms with Crippen LogP contribution in [0.15, 0.2) is 48.5 Å². The zero-order valence-corrected chi connectivity index (χ0v) is 14.8. The van der Waals surface area contributed by atoms with Crippen molar-refractivity contribution in [1.82, 2.24) is 5.32 Å². The molecule has 0 aliphatic rings. The van der Waals surface area contributed by atoms with Gasteiger partial charge in [0.1, 0.15) is 5.75 Å². The number of hydrogen-bond acceptors (Lipinski definition) is 2. The Kier molecular flexibility index (Phi) is 6.19. The van der Waals surface area contributed by atoms with Gasteiger partial charge in [0.2, 0.25) is 5.91 Å². The zero-order valence-electron chi connectivity index (χ0n) is 14.8. The lowest BCUT2D eigenvalue weighted by Crippen LogP contribution is -2.26. The van der Waals surface area contributed by atoms with Gasteiger partial charge in [-0.1, -0.05) is 48.9 Å². The molecule has 3 heteroatoms. The summed E-state index contributed by atoms with van der Waals surface area (Å²) in [4.78, 5) is 12.2. The van der Waals surface area contributed by atoms with Gasteiger partial charge in [-0.3, -0.25) is 4.79 Å². The van der Waals surface area contributed by atoms with E-state index in [1.54, 1.807) is 13.2 Å². The van der Waals surface area contributed by atoms with Gasteiger partial charge >= 0.3 is 0 Å². The van der Waals surface area contributed by atoms with Crippen molar-refractivity contribution in [3.63, 3.8) is 0 Å². The highest BCUT2D eigenvalue weighted by Crippen LogP contribution is 2.24. The monoisotopic (exact) mass is 323 g/mol. The summed E-state index contributed by atoms with van der Waals surface area (Å²) in [5.41, 5.74) is 4.38. The third kappa shape index (κ3) is 4.72. The first-order valence-corrected chi connectivity index (χ1v) is 8.23. The molecule has 2 rings (SSSR count). The molecular formula is C21H25NO2. The molecule has 0 heterocycles. The van der Waals surface area contributed by atoms with E-state index in [0.29, 0.717) is 0 Å². The Labute approximate surface area is 144 Å². The number of carbonyl (C=O) groups is 1. The standard InChI is InChI=1S/C21H25NO2/c1-5-19(18-11-12-20(24-4)16(3)14-18)22-21(23)13-10-17-8-6-15(2)7-9-17/h6-14,19H,5H2,1-4H3,(H,22,23)/b13-10+/t19-/m1/s1. The molecule has 1 amide bonds. The predicted molar refractivity (Wildman–Crippen MR) is 99.1 cm³/mol. The first kappa shape index (κ1) is 17.8. The summed E-state index contributed by atoms with van der Waals surface area (Å²) in [6.45, 7) is 6.12. The molecule has 1 N–H and O–H groups in total. The van der Waals surface area contributed by atoms with E-state index in [1.165, 1.54) is 5.56 Å². The first-order chi connectivity index (χ1) is 11.5. The van der Waals surface area contributed by atoms with Crippen molar-refractivity contribution in [2.24, 2.45) is 0 Å². The van der Waals surface area contributed by atoms with Gasteiger partial charge in [0.25, 0.3) is 0 Å². The van der Waals surface area contributed by atoms with E-state index < -0.39 is 0 Å². The quantitative estimate of drug-likeness (QED) is 0.789. The Morgan fingerprint density at radius 3 is 2.46 bits per heavy atom. The molecule has 0 aliphatic carbocycles. The summed E-state index contributed by atoms with van der Waals surface area (Å²) in [5.74, 6) is 0.773. The van der Waals surface area contributed by atoms with Gasteiger partial charge < -0.3 is 10.1 Å². The third-order valence-electron chi connectivity index (χ3n) is 4.05. The SMILES string of the molecule is CC[C@@H](NC(=O)/C=C/c1ccc(C)cc1)c1ccc(OC)c(C)c1. The number of amides is 1. The number of ether oxygens (including phenoxy) is 1. The second-order valence-corrected chi connectivity index (χ2v) is 5.94. The molecular weight excluding hydrogens is 298 g/mol. The van der Waals surface area contributed by atoms with Crippen LogP contribution in [0.3, 0.4) is 0 Å². The molecule has 2 aromatic rings. The van der Waals surface area contributed by atoms with Crippen LogP contribution in [0, 0.1) is 13.8 Å². The van der Waals surface area contributed by atoms with Crippen LogP contribution in [0.25, 0.3) is 6.08 Å². The summed E-state index contributed by atoms with van der Waals surface area (Å²) < 4.78 is 5.29. The highest BCUT2D eigenvalue weighted by molar-refractivity contribution is 5.92. The second-order valence-electron chi connectivity index (χ2n) is 5.94. The van der Waals surface area contributed by atoms with E-state index in [-0.39, 0.29) is 11.9 Å². The van der Waals surface area contributed by atoms with Crippen molar-refractivity contribution < 1.29 is 9.53 Å². The molecule has 0 fully saturated rings. The summed E-state index contributed by atoms with van der Waals surface area (Å²) >= 11 is 0. The maximum Gasteiger partial charge on any atom is 0.244 e. The topological polar surface area (TPSA) is 38.3 Å². The van der Waals surface area contributed by atoms with Crippen LogP contribution in [-0.4, -0.2) is 13.0 Å². The normalized spacial score (nSPS) is 12.2. The Hall–Kier alpha value is -2.55. The zero-order chi connectivity index (χ0) is 17.5. The number of benzene rings is 2. The van der Waals surface area contributed by atoms with Crippen LogP contribution in [-0.2, 0) is 4.79 Å². The van der Waals surface area contributed by atoms with Gasteiger partial charge in [-0.15, -0.1) is 0 Å². The average Bonchev–Trinajstić information content (AvgIpc) is 2.59. The lowest BCUT2D eigenvalue weighted by molar-refractivity contribution is -0.117. The smallest absolute Gasteiger partial charge is 0.244 e. The van der Waals surface area contributed by atoms with Crippen LogP contribution < -0.4 is 10.1 Å². The van der Waals surface area contributed by atoms with Crippen molar-refractivity contribution in [2.75, 3.05) is 7.11 Å². The van der Waals surface area contributed by atoms with Gasteiger partial charge in [0.05, 0.1) is 13.2 Å². The van der Waals surface area contributed by atoms with E-state index in [2.05, 4.69) is 18.3 Å². The van der Waals surface area contributed by atoms with E-state index in [9.17, 15) is 4.79 Å². The van der Waals surface area contributed by atoms with Crippen LogP contribution in [0.5, 0.6) is 5.75 Å². The van der Waals surface area contributed by atoms with E-state index in [4.69, 9.17) is 4.74 Å². The van der Waals surface area contributed by atoms with Crippen molar-refractivity contribution >= 4 is 12.0 Å². The molecule has 0 spiro atoms. The molecule has 0 saturated carbocycles. The number of hydrogen-bond donors (Lipinski definition) is 1. The van der Waals surface area contributed by atoms with Gasteiger partial charge in [0, 0.05) is 6.08 Å². The summed E-state index contributed by atoms with van der Waals surface area (Å²) in [6.07, 6.45) is 4.25. The predicted octanol–water partition coefficient (Wildman–Crippen LogP) is 4.59. The Morgan fingerprint density at radius 2 is 1.88 bits per heavy atom. The maximum absolute atomic E-state index is 12.2. The number of methoxy groups -OCH3 is 1. The highest BCUT2D eigenvalue weighted by atomic mass is 16.5. The fourth-order valence-corrected chi connectivity index (χ4v) is 2.61. The molecule has 0 aromatic heterocycles. The molecule has 0 saturated heterocycles. The van der Waals surface area contributed by atoms with E-state index in [0.717, 1.165) is 28.9 Å². The Morgan fingerprint density at radius 1 is 1.17 bits per heavy atom. The maximum atomic E-state index is 12.2. The summed E-state index contributed by atoms with van der Waals surface area (Å²) in [5, 5.41) is 3.06. The Bertz CT molecular complexity index is 717. The number of rotatable bonds is 6. The fraction of sp³-hybridized carbons (Fsp3) is 0.286. The minimum atomic E-state index is -0.0871. The summed E-state index contributed by atoms with van der Waals surface area (Å²) in [6, 6.07) is 14.1. The molecule has 2 aromatic carbocycles. The fourth-order valence-electron chi connectivity index (χ4n) is 2.61. The van der Waals surface area contributed by atoms with Crippen LogP contribution >= 0.6 is 0 Å². The Balaban J connectivity index is 2.05. The van der Waals surface area contributed by atoms with Crippen molar-refractivity contribution in [3.05, 3.63) is 70.8 Å². The van der Waals surface area contributed by atoms with Crippen LogP contribution in [0.2, 0.25) is 0 Å². The number of nitrogens with one attached hydrogen (secondary N) is 1. The van der Waals surface area contributed by atoms with Crippen LogP contribution in [0.4, 0.5) is 0 Å². The molecule has 24 heavy (non-hydrogen) atoms. The van der Waals surface area contributed by atoms with Crippen molar-refractivity contribution in [1.29, 1.82) is 0 Å². The number of carbonyl (C=O) groups excluding carboxylic acids is 1. The minimum Gasteiger partial charge on any atom is -0.496 e. The van der Waals surface area contributed by atoms with Gasteiger partial charge in [0.15, 0.2) is 0 Å². The lowest BCUT2D eigenvalue weighted by atomic mass is 10.0. The molecule has 0 aliphatic heterocycles. The second kappa shape index (κ2) is 8.34. The molecule has 0 radical (unpaired) electrons. The molecule has 0 unspecified atom stereocenters.